The second-order valence-corrected chi connectivity index (χ2v) is 10.6. The zero-order chi connectivity index (χ0) is 22.3. The Hall–Kier alpha value is -2.81. The average Bonchev–Trinajstić information content (AvgIpc) is 3.71. The first-order valence-electron chi connectivity index (χ1n) is 12.5. The highest BCUT2D eigenvalue weighted by atomic mass is 16.1. The van der Waals surface area contributed by atoms with Crippen LogP contribution < -0.4 is 16.2 Å². The zero-order valence-electron chi connectivity index (χ0n) is 19.2. The highest BCUT2D eigenvalue weighted by molar-refractivity contribution is 5.97. The lowest BCUT2D eigenvalue weighted by molar-refractivity contribution is 0.229. The van der Waals surface area contributed by atoms with Crippen LogP contribution in [0.1, 0.15) is 44.6 Å². The number of piperazine rings is 1. The Balaban J connectivity index is 1.32. The third kappa shape index (κ3) is 3.12. The fourth-order valence-electron chi connectivity index (χ4n) is 6.37. The van der Waals surface area contributed by atoms with Crippen molar-refractivity contribution in [2.45, 2.75) is 50.6 Å². The maximum absolute atomic E-state index is 13.5. The summed E-state index contributed by atoms with van der Waals surface area (Å²) in [6, 6.07) is 3.10. The van der Waals surface area contributed by atoms with E-state index in [-0.39, 0.29) is 17.4 Å². The van der Waals surface area contributed by atoms with Crippen molar-refractivity contribution in [2.24, 2.45) is 18.9 Å². The van der Waals surface area contributed by atoms with E-state index in [9.17, 15) is 4.79 Å². The first-order chi connectivity index (χ1) is 16.1. The molecule has 3 aromatic heterocycles. The quantitative estimate of drug-likeness (QED) is 0.621. The second kappa shape index (κ2) is 7.09. The summed E-state index contributed by atoms with van der Waals surface area (Å²) in [5, 5.41) is 12.7. The van der Waals surface area contributed by atoms with Gasteiger partial charge in [-0.1, -0.05) is 0 Å². The molecule has 0 spiro atoms. The van der Waals surface area contributed by atoms with Crippen molar-refractivity contribution in [3.63, 3.8) is 0 Å². The molecule has 7 rings (SSSR count). The predicted molar refractivity (Wildman–Crippen MR) is 128 cm³/mol. The van der Waals surface area contributed by atoms with Crippen LogP contribution in [0.5, 0.6) is 0 Å². The highest BCUT2D eigenvalue weighted by Gasteiger charge is 2.43. The molecule has 2 aliphatic heterocycles. The molecule has 4 fully saturated rings. The number of nitrogens with two attached hydrogens (primary N) is 1. The van der Waals surface area contributed by atoms with E-state index in [4.69, 9.17) is 10.8 Å². The maximum Gasteiger partial charge on any atom is 0.264 e. The second-order valence-electron chi connectivity index (χ2n) is 10.6. The van der Waals surface area contributed by atoms with Crippen LogP contribution in [0.4, 0.5) is 11.6 Å². The van der Waals surface area contributed by atoms with E-state index in [1.54, 1.807) is 0 Å². The number of aromatic nitrogens is 5. The van der Waals surface area contributed by atoms with Crippen molar-refractivity contribution >= 4 is 22.5 Å². The molecule has 5 heterocycles. The molecule has 0 aromatic carbocycles. The van der Waals surface area contributed by atoms with Gasteiger partial charge in [-0.05, 0) is 56.9 Å². The summed E-state index contributed by atoms with van der Waals surface area (Å²) in [5.74, 6) is 2.63. The fraction of sp³-hybridized carbons (Fsp3) is 0.625. The highest BCUT2D eigenvalue weighted by Crippen LogP contribution is 2.52. The van der Waals surface area contributed by atoms with Gasteiger partial charge < -0.3 is 15.2 Å². The van der Waals surface area contributed by atoms with Crippen LogP contribution in [0.2, 0.25) is 0 Å². The Morgan fingerprint density at radius 1 is 1.12 bits per heavy atom. The van der Waals surface area contributed by atoms with Crippen molar-refractivity contribution in [1.82, 2.24) is 29.4 Å². The number of nitrogen functional groups attached to an aromatic ring is 1. The number of H-pyrrole nitrogens is 1. The number of anilines is 2. The van der Waals surface area contributed by atoms with Gasteiger partial charge in [-0.2, -0.15) is 10.2 Å². The first-order valence-corrected chi connectivity index (χ1v) is 12.5. The Morgan fingerprint density at radius 3 is 2.67 bits per heavy atom. The van der Waals surface area contributed by atoms with E-state index >= 15 is 0 Å². The summed E-state index contributed by atoms with van der Waals surface area (Å²) >= 11 is 0. The van der Waals surface area contributed by atoms with E-state index < -0.39 is 0 Å². The SMILES string of the molecule is Cn1nc(-c2cn(C(C3CC3)C3CC3)c(=O)c3c(N)n[nH]c23)cc1N1CCN2CCC[C@@H]2C1. The topological polar surface area (TPSA) is 101 Å². The van der Waals surface area contributed by atoms with Crippen molar-refractivity contribution in [2.75, 3.05) is 36.8 Å². The number of nitrogens with one attached hydrogen (secondary N) is 1. The van der Waals surface area contributed by atoms with Crippen molar-refractivity contribution in [1.29, 1.82) is 0 Å². The molecule has 9 heteroatoms. The lowest BCUT2D eigenvalue weighted by atomic mass is 10.0. The number of nitrogens with zero attached hydrogens (tertiary/aromatic N) is 6. The molecule has 33 heavy (non-hydrogen) atoms. The van der Waals surface area contributed by atoms with Crippen molar-refractivity contribution in [3.8, 4) is 11.3 Å². The molecular weight excluding hydrogens is 416 g/mol. The van der Waals surface area contributed by atoms with Crippen LogP contribution >= 0.6 is 0 Å². The van der Waals surface area contributed by atoms with Gasteiger partial charge in [0.05, 0.1) is 11.2 Å². The summed E-state index contributed by atoms with van der Waals surface area (Å²) < 4.78 is 3.96. The Morgan fingerprint density at radius 2 is 1.91 bits per heavy atom. The van der Waals surface area contributed by atoms with Crippen LogP contribution in [0.15, 0.2) is 17.1 Å². The standard InChI is InChI=1S/C24H32N8O/c1-29-19(31-10-9-30-8-2-3-16(30)12-31)11-18(28-29)17-13-32(22(14-4-5-14)15-6-7-15)24(33)20-21(17)26-27-23(20)25/h11,13-16,22H,2-10,12H2,1H3,(H3,25,26,27)/t16-/m1/s1. The van der Waals surface area contributed by atoms with Gasteiger partial charge in [0.2, 0.25) is 0 Å². The van der Waals surface area contributed by atoms with Crippen LogP contribution in [0.3, 0.4) is 0 Å². The molecule has 2 aliphatic carbocycles. The summed E-state index contributed by atoms with van der Waals surface area (Å²) in [6.45, 7) is 4.42. The Labute approximate surface area is 192 Å². The van der Waals surface area contributed by atoms with Gasteiger partial charge in [-0.3, -0.25) is 19.5 Å². The van der Waals surface area contributed by atoms with Gasteiger partial charge in [0.25, 0.3) is 5.56 Å². The molecule has 0 radical (unpaired) electrons. The van der Waals surface area contributed by atoms with Gasteiger partial charge in [-0.15, -0.1) is 0 Å². The number of rotatable bonds is 5. The minimum absolute atomic E-state index is 0.0164. The lowest BCUT2D eigenvalue weighted by Crippen LogP contribution is -2.50. The third-order valence-electron chi connectivity index (χ3n) is 8.35. The molecule has 3 N–H and O–H groups in total. The van der Waals surface area contributed by atoms with Gasteiger partial charge in [0.1, 0.15) is 11.2 Å². The van der Waals surface area contributed by atoms with E-state index in [2.05, 4.69) is 26.1 Å². The molecule has 2 saturated carbocycles. The molecule has 4 aliphatic rings. The van der Waals surface area contributed by atoms with Crippen molar-refractivity contribution in [3.05, 3.63) is 22.6 Å². The van der Waals surface area contributed by atoms with Crippen LogP contribution in [-0.2, 0) is 7.05 Å². The van der Waals surface area contributed by atoms with E-state index in [0.717, 1.165) is 36.7 Å². The van der Waals surface area contributed by atoms with Gasteiger partial charge in [0, 0.05) is 56.6 Å². The maximum atomic E-state index is 13.5. The minimum Gasteiger partial charge on any atom is -0.382 e. The monoisotopic (exact) mass is 448 g/mol. The smallest absolute Gasteiger partial charge is 0.264 e. The molecule has 174 valence electrons. The molecule has 9 nitrogen and oxygen atoms in total. The van der Waals surface area contributed by atoms with Crippen LogP contribution in [0, 0.1) is 11.8 Å². The van der Waals surface area contributed by atoms with Gasteiger partial charge >= 0.3 is 0 Å². The molecule has 3 aromatic rings. The van der Waals surface area contributed by atoms with Crippen LogP contribution in [-0.4, -0.2) is 61.7 Å². The Bertz CT molecular complexity index is 1270. The average molecular weight is 449 g/mol. The number of fused-ring (bicyclic) bond motifs is 2. The Kier molecular flexibility index (Phi) is 4.22. The van der Waals surface area contributed by atoms with Crippen LogP contribution in [0.25, 0.3) is 22.2 Å². The molecule has 0 unspecified atom stereocenters. The summed E-state index contributed by atoms with van der Waals surface area (Å²) in [5.41, 5.74) is 8.65. The van der Waals surface area contributed by atoms with Crippen molar-refractivity contribution < 1.29 is 0 Å². The van der Waals surface area contributed by atoms with E-state index in [1.807, 2.05) is 22.5 Å². The normalized spacial score (nSPS) is 23.7. The number of hydrogen-bond acceptors (Lipinski definition) is 6. The summed E-state index contributed by atoms with van der Waals surface area (Å²) in [7, 11) is 2.02. The largest absolute Gasteiger partial charge is 0.382 e. The molecule has 0 amide bonds. The fourth-order valence-corrected chi connectivity index (χ4v) is 6.37. The van der Waals surface area contributed by atoms with E-state index in [1.165, 1.54) is 45.1 Å². The van der Waals surface area contributed by atoms with Gasteiger partial charge in [0.15, 0.2) is 5.82 Å². The number of hydrogen-bond donors (Lipinski definition) is 2. The number of aromatic amines is 1. The number of aryl methyl sites for hydroxylation is 1. The molecular formula is C24H32N8O. The summed E-state index contributed by atoms with van der Waals surface area (Å²) in [6.07, 6.45) is 9.46. The number of pyridine rings is 1. The van der Waals surface area contributed by atoms with E-state index in [0.29, 0.717) is 28.8 Å². The first kappa shape index (κ1) is 19.6. The molecule has 1 atom stereocenters. The third-order valence-corrected chi connectivity index (χ3v) is 8.35. The predicted octanol–water partition coefficient (Wildman–Crippen LogP) is 2.35. The lowest BCUT2D eigenvalue weighted by Gasteiger charge is -2.38. The summed E-state index contributed by atoms with van der Waals surface area (Å²) in [4.78, 5) is 18.6. The molecule has 0 bridgehead atoms. The van der Waals surface area contributed by atoms with Gasteiger partial charge in [-0.25, -0.2) is 0 Å². The zero-order valence-corrected chi connectivity index (χ0v) is 19.2. The molecule has 2 saturated heterocycles. The minimum atomic E-state index is -0.0164.